The van der Waals surface area contributed by atoms with Crippen LogP contribution in [-0.4, -0.2) is 12.0 Å². The number of aromatic nitrogens is 1. The highest BCUT2D eigenvalue weighted by Gasteiger charge is 2.05. The maximum atomic E-state index is 5.64. The third kappa shape index (κ3) is 2.63. The fourth-order valence-electron chi connectivity index (χ4n) is 1.68. The minimum atomic E-state index is 0.559. The van der Waals surface area contributed by atoms with Gasteiger partial charge < -0.3 is 10.6 Å². The molecule has 0 fully saturated rings. The molecule has 1 heterocycles. The molecule has 0 saturated carbocycles. The fourth-order valence-corrected chi connectivity index (χ4v) is 1.68. The lowest BCUT2D eigenvalue weighted by molar-refractivity contribution is 1.06. The average molecular weight is 227 g/mol. The lowest BCUT2D eigenvalue weighted by atomic mass is 10.2. The Labute approximate surface area is 102 Å². The maximum Gasteiger partial charge on any atom is 0.132 e. The van der Waals surface area contributed by atoms with E-state index >= 15 is 0 Å². The molecule has 0 radical (unpaired) electrons. The summed E-state index contributed by atoms with van der Waals surface area (Å²) in [5, 5.41) is 0. The molecule has 1 aromatic carbocycles. The molecule has 0 unspecified atom stereocenters. The van der Waals surface area contributed by atoms with Gasteiger partial charge >= 0.3 is 0 Å². The zero-order valence-electron chi connectivity index (χ0n) is 10.2. The van der Waals surface area contributed by atoms with E-state index in [-0.39, 0.29) is 0 Å². The van der Waals surface area contributed by atoms with Gasteiger partial charge in [0.2, 0.25) is 0 Å². The zero-order valence-corrected chi connectivity index (χ0v) is 10.2. The molecule has 0 saturated heterocycles. The van der Waals surface area contributed by atoms with E-state index in [1.165, 1.54) is 0 Å². The number of hydrogen-bond donors (Lipinski definition) is 1. The first-order chi connectivity index (χ1) is 8.20. The van der Waals surface area contributed by atoms with E-state index in [2.05, 4.69) is 28.1 Å². The van der Waals surface area contributed by atoms with E-state index in [1.54, 1.807) is 0 Å². The molecular weight excluding hydrogens is 210 g/mol. The Morgan fingerprint density at radius 2 is 2.06 bits per heavy atom. The first kappa shape index (κ1) is 11.6. The Morgan fingerprint density at radius 1 is 1.24 bits per heavy atom. The summed E-state index contributed by atoms with van der Waals surface area (Å²) in [5.74, 6) is 0.935. The Hall–Kier alpha value is -1.87. The van der Waals surface area contributed by atoms with Crippen molar-refractivity contribution in [2.45, 2.75) is 13.5 Å². The third-order valence-electron chi connectivity index (χ3n) is 2.77. The molecule has 0 atom stereocenters. The van der Waals surface area contributed by atoms with Gasteiger partial charge in [0.15, 0.2) is 0 Å². The highest BCUT2D eigenvalue weighted by atomic mass is 15.2. The monoisotopic (exact) mass is 227 g/mol. The minimum absolute atomic E-state index is 0.559. The molecule has 88 valence electrons. The normalized spacial score (nSPS) is 10.3. The summed E-state index contributed by atoms with van der Waals surface area (Å²) in [6.45, 7) is 2.59. The summed E-state index contributed by atoms with van der Waals surface area (Å²) in [7, 11) is 2.01. The van der Waals surface area contributed by atoms with Gasteiger partial charge in [0.25, 0.3) is 0 Å². The number of nitrogens with zero attached hydrogens (tertiary/aromatic N) is 2. The largest absolute Gasteiger partial charge is 0.329 e. The number of anilines is 2. The molecule has 0 bridgehead atoms. The molecule has 17 heavy (non-hydrogen) atoms. The van der Waals surface area contributed by atoms with Crippen molar-refractivity contribution in [3.63, 3.8) is 0 Å². The summed E-state index contributed by atoms with van der Waals surface area (Å²) >= 11 is 0. The van der Waals surface area contributed by atoms with Crippen LogP contribution in [0.4, 0.5) is 11.5 Å². The van der Waals surface area contributed by atoms with Gasteiger partial charge in [0.1, 0.15) is 5.82 Å². The van der Waals surface area contributed by atoms with Crippen LogP contribution >= 0.6 is 0 Å². The van der Waals surface area contributed by atoms with Crippen molar-refractivity contribution in [2.24, 2.45) is 5.73 Å². The molecule has 1 aromatic heterocycles. The van der Waals surface area contributed by atoms with Crippen LogP contribution in [0.1, 0.15) is 11.1 Å². The van der Waals surface area contributed by atoms with Crippen molar-refractivity contribution >= 4 is 11.5 Å². The maximum absolute atomic E-state index is 5.64. The van der Waals surface area contributed by atoms with Crippen LogP contribution in [0.5, 0.6) is 0 Å². The highest BCUT2D eigenvalue weighted by Crippen LogP contribution is 2.22. The van der Waals surface area contributed by atoms with Gasteiger partial charge in [-0.25, -0.2) is 4.98 Å². The standard InChI is InChI=1S/C14H17N3/c1-11-6-7-14(16-10-11)17(2)13-5-3-4-12(8-13)9-15/h3-8,10H,9,15H2,1-2H3. The first-order valence-corrected chi connectivity index (χ1v) is 5.66. The van der Waals surface area contributed by atoms with Gasteiger partial charge in [-0.1, -0.05) is 18.2 Å². The molecule has 2 N–H and O–H groups in total. The van der Waals surface area contributed by atoms with Crippen molar-refractivity contribution < 1.29 is 0 Å². The molecule has 0 aliphatic heterocycles. The Kier molecular flexibility index (Phi) is 3.40. The molecule has 0 amide bonds. The molecular formula is C14H17N3. The van der Waals surface area contributed by atoms with E-state index in [0.717, 1.165) is 22.6 Å². The molecule has 3 heteroatoms. The topological polar surface area (TPSA) is 42.1 Å². The third-order valence-corrected chi connectivity index (χ3v) is 2.77. The number of benzene rings is 1. The van der Waals surface area contributed by atoms with E-state index in [4.69, 9.17) is 5.73 Å². The summed E-state index contributed by atoms with van der Waals surface area (Å²) in [4.78, 5) is 6.46. The van der Waals surface area contributed by atoms with Crippen LogP contribution in [0, 0.1) is 6.92 Å². The van der Waals surface area contributed by atoms with Gasteiger partial charge in [0, 0.05) is 25.5 Å². The lowest BCUT2D eigenvalue weighted by Crippen LogP contribution is -2.11. The predicted octanol–water partition coefficient (Wildman–Crippen LogP) is 2.62. The smallest absolute Gasteiger partial charge is 0.132 e. The first-order valence-electron chi connectivity index (χ1n) is 5.66. The Morgan fingerprint density at radius 3 is 2.71 bits per heavy atom. The molecule has 0 aliphatic carbocycles. The SMILES string of the molecule is Cc1ccc(N(C)c2cccc(CN)c2)nc1. The number of nitrogens with two attached hydrogens (primary N) is 1. The van der Waals surface area contributed by atoms with Crippen molar-refractivity contribution in [2.75, 3.05) is 11.9 Å². The number of aryl methyl sites for hydroxylation is 1. The molecule has 3 nitrogen and oxygen atoms in total. The van der Waals surface area contributed by atoms with Crippen LogP contribution in [0.3, 0.4) is 0 Å². The highest BCUT2D eigenvalue weighted by molar-refractivity contribution is 5.59. The van der Waals surface area contributed by atoms with Crippen LogP contribution in [0.15, 0.2) is 42.6 Å². The summed E-state index contributed by atoms with van der Waals surface area (Å²) < 4.78 is 0. The van der Waals surface area contributed by atoms with Crippen LogP contribution in [0.25, 0.3) is 0 Å². The van der Waals surface area contributed by atoms with Crippen molar-refractivity contribution in [1.29, 1.82) is 0 Å². The Bertz CT molecular complexity index is 491. The molecule has 2 rings (SSSR count). The summed E-state index contributed by atoms with van der Waals surface area (Å²) in [6.07, 6.45) is 1.87. The molecule has 2 aromatic rings. The summed E-state index contributed by atoms with van der Waals surface area (Å²) in [6, 6.07) is 12.3. The van der Waals surface area contributed by atoms with E-state index in [1.807, 2.05) is 38.4 Å². The van der Waals surface area contributed by atoms with Gasteiger partial charge in [0.05, 0.1) is 0 Å². The van der Waals surface area contributed by atoms with Gasteiger partial charge in [-0.2, -0.15) is 0 Å². The van der Waals surface area contributed by atoms with Crippen molar-refractivity contribution in [3.8, 4) is 0 Å². The van der Waals surface area contributed by atoms with E-state index in [0.29, 0.717) is 6.54 Å². The number of hydrogen-bond acceptors (Lipinski definition) is 3. The second-order valence-electron chi connectivity index (χ2n) is 4.13. The van der Waals surface area contributed by atoms with Crippen LogP contribution in [-0.2, 0) is 6.54 Å². The van der Waals surface area contributed by atoms with E-state index < -0.39 is 0 Å². The quantitative estimate of drug-likeness (QED) is 0.876. The molecule has 0 aliphatic rings. The van der Waals surface area contributed by atoms with Gasteiger partial charge in [-0.05, 0) is 36.2 Å². The van der Waals surface area contributed by atoms with Crippen molar-refractivity contribution in [3.05, 3.63) is 53.7 Å². The van der Waals surface area contributed by atoms with E-state index in [9.17, 15) is 0 Å². The minimum Gasteiger partial charge on any atom is -0.329 e. The second kappa shape index (κ2) is 4.97. The second-order valence-corrected chi connectivity index (χ2v) is 4.13. The lowest BCUT2D eigenvalue weighted by Gasteiger charge is -2.19. The number of pyridine rings is 1. The predicted molar refractivity (Wildman–Crippen MR) is 71.4 cm³/mol. The van der Waals surface area contributed by atoms with Gasteiger partial charge in [-0.15, -0.1) is 0 Å². The van der Waals surface area contributed by atoms with Crippen molar-refractivity contribution in [1.82, 2.24) is 4.98 Å². The van der Waals surface area contributed by atoms with Crippen LogP contribution in [0.2, 0.25) is 0 Å². The zero-order chi connectivity index (χ0) is 12.3. The van der Waals surface area contributed by atoms with Gasteiger partial charge in [-0.3, -0.25) is 0 Å². The number of rotatable bonds is 3. The summed E-state index contributed by atoms with van der Waals surface area (Å²) in [5.41, 5.74) is 9.04. The average Bonchev–Trinajstić information content (AvgIpc) is 2.39. The van der Waals surface area contributed by atoms with Crippen LogP contribution < -0.4 is 10.6 Å². The fraction of sp³-hybridized carbons (Fsp3) is 0.214. The Balaban J connectivity index is 2.29. The molecule has 0 spiro atoms.